The number of carbonyl (C=O) groups excluding carboxylic acids is 2. The largest absolute Gasteiger partial charge is 0.354 e. The fraction of sp³-hybridized carbons (Fsp3) is 0.462. The number of nitrogens with one attached hydrogen (secondary N) is 1. The van der Waals surface area contributed by atoms with Gasteiger partial charge in [0.2, 0.25) is 21.8 Å². The van der Waals surface area contributed by atoms with Crippen LogP contribution in [0.2, 0.25) is 0 Å². The molecule has 34 heavy (non-hydrogen) atoms. The zero-order valence-corrected chi connectivity index (χ0v) is 22.1. The third-order valence-electron chi connectivity index (χ3n) is 5.63. The van der Waals surface area contributed by atoms with Crippen LogP contribution in [-0.4, -0.2) is 50.5 Å². The summed E-state index contributed by atoms with van der Waals surface area (Å²) in [6.07, 6.45) is 1.09. The summed E-state index contributed by atoms with van der Waals surface area (Å²) >= 11 is 0. The van der Waals surface area contributed by atoms with E-state index in [0.29, 0.717) is 12.2 Å². The van der Waals surface area contributed by atoms with Crippen LogP contribution < -0.4 is 9.62 Å². The van der Waals surface area contributed by atoms with Crippen molar-refractivity contribution >= 4 is 27.5 Å². The van der Waals surface area contributed by atoms with Gasteiger partial charge in [-0.3, -0.25) is 13.9 Å². The highest BCUT2D eigenvalue weighted by atomic mass is 32.2. The molecular formula is C26H37N3O4S. The monoisotopic (exact) mass is 487 g/mol. The third kappa shape index (κ3) is 7.58. The zero-order chi connectivity index (χ0) is 25.6. The molecule has 0 aliphatic carbocycles. The standard InChI is InChI=1S/C26H37N3O4S/c1-18(2)15-27-26(31)22(6)28(16-23-11-9-8-10-21(23)5)25(30)17-29(34(7,32)33)24-13-19(3)12-20(4)14-24/h8-14,18,22H,15-17H2,1-7H3,(H,27,31). The van der Waals surface area contributed by atoms with Gasteiger partial charge in [-0.05, 0) is 68.0 Å². The Labute approximate surface area is 204 Å². The summed E-state index contributed by atoms with van der Waals surface area (Å²) in [7, 11) is -3.74. The lowest BCUT2D eigenvalue weighted by Gasteiger charge is -2.32. The maximum atomic E-state index is 13.6. The van der Waals surface area contributed by atoms with Crippen LogP contribution in [0.5, 0.6) is 0 Å². The first-order valence-electron chi connectivity index (χ1n) is 11.5. The molecule has 2 rings (SSSR count). The number of aryl methyl sites for hydroxylation is 3. The van der Waals surface area contributed by atoms with Crippen molar-refractivity contribution in [3.8, 4) is 0 Å². The fourth-order valence-corrected chi connectivity index (χ4v) is 4.55. The molecule has 1 N–H and O–H groups in total. The van der Waals surface area contributed by atoms with E-state index in [2.05, 4.69) is 5.32 Å². The Morgan fingerprint density at radius 2 is 1.56 bits per heavy atom. The number of amides is 2. The molecule has 0 saturated carbocycles. The predicted octanol–water partition coefficient (Wildman–Crippen LogP) is 3.57. The highest BCUT2D eigenvalue weighted by molar-refractivity contribution is 7.92. The van der Waals surface area contributed by atoms with Crippen LogP contribution >= 0.6 is 0 Å². The Kier molecular flexibility index (Phi) is 9.27. The summed E-state index contributed by atoms with van der Waals surface area (Å²) in [4.78, 5) is 27.9. The van der Waals surface area contributed by atoms with Crippen LogP contribution in [0.25, 0.3) is 0 Å². The van der Waals surface area contributed by atoms with Crippen LogP contribution in [0.4, 0.5) is 5.69 Å². The molecule has 1 unspecified atom stereocenters. The molecule has 8 heteroatoms. The average molecular weight is 488 g/mol. The molecule has 0 aliphatic heterocycles. The highest BCUT2D eigenvalue weighted by Gasteiger charge is 2.30. The molecule has 0 fully saturated rings. The van der Waals surface area contributed by atoms with Gasteiger partial charge in [0.1, 0.15) is 12.6 Å². The van der Waals surface area contributed by atoms with Gasteiger partial charge in [-0.1, -0.05) is 44.2 Å². The number of carbonyl (C=O) groups is 2. The van der Waals surface area contributed by atoms with E-state index in [1.807, 2.05) is 65.0 Å². The third-order valence-corrected chi connectivity index (χ3v) is 6.77. The van der Waals surface area contributed by atoms with Crippen molar-refractivity contribution in [2.75, 3.05) is 23.7 Å². The number of hydrogen-bond donors (Lipinski definition) is 1. The second-order valence-corrected chi connectivity index (χ2v) is 11.3. The molecule has 2 aromatic carbocycles. The van der Waals surface area contributed by atoms with Gasteiger partial charge in [-0.25, -0.2) is 8.42 Å². The van der Waals surface area contributed by atoms with E-state index >= 15 is 0 Å². The summed E-state index contributed by atoms with van der Waals surface area (Å²) in [5, 5.41) is 2.88. The van der Waals surface area contributed by atoms with Crippen LogP contribution in [0.3, 0.4) is 0 Å². The lowest BCUT2D eigenvalue weighted by atomic mass is 10.1. The second-order valence-electron chi connectivity index (χ2n) is 9.38. The number of anilines is 1. The molecular weight excluding hydrogens is 450 g/mol. The summed E-state index contributed by atoms with van der Waals surface area (Å²) in [5.74, 6) is -0.449. The minimum absolute atomic E-state index is 0.201. The Morgan fingerprint density at radius 1 is 0.971 bits per heavy atom. The first-order chi connectivity index (χ1) is 15.8. The van der Waals surface area contributed by atoms with Crippen molar-refractivity contribution in [3.63, 3.8) is 0 Å². The summed E-state index contributed by atoms with van der Waals surface area (Å²) < 4.78 is 26.5. The first-order valence-corrected chi connectivity index (χ1v) is 13.3. The molecule has 186 valence electrons. The minimum Gasteiger partial charge on any atom is -0.354 e. The summed E-state index contributed by atoms with van der Waals surface area (Å²) in [6, 6.07) is 12.3. The van der Waals surface area contributed by atoms with Crippen molar-refractivity contribution in [2.45, 2.75) is 54.1 Å². The van der Waals surface area contributed by atoms with Crippen molar-refractivity contribution in [1.82, 2.24) is 10.2 Å². The molecule has 2 aromatic rings. The van der Waals surface area contributed by atoms with E-state index in [9.17, 15) is 18.0 Å². The van der Waals surface area contributed by atoms with E-state index in [-0.39, 0.29) is 18.4 Å². The molecule has 7 nitrogen and oxygen atoms in total. The quantitative estimate of drug-likeness (QED) is 0.555. The Morgan fingerprint density at radius 3 is 2.09 bits per heavy atom. The molecule has 0 spiro atoms. The Balaban J connectivity index is 2.41. The molecule has 0 aromatic heterocycles. The Hall–Kier alpha value is -2.87. The smallest absolute Gasteiger partial charge is 0.244 e. The first kappa shape index (κ1) is 27.4. The van der Waals surface area contributed by atoms with Gasteiger partial charge < -0.3 is 10.2 Å². The number of hydrogen-bond acceptors (Lipinski definition) is 4. The van der Waals surface area contributed by atoms with Gasteiger partial charge in [0.25, 0.3) is 0 Å². The van der Waals surface area contributed by atoms with Gasteiger partial charge in [-0.15, -0.1) is 0 Å². The highest BCUT2D eigenvalue weighted by Crippen LogP contribution is 2.22. The van der Waals surface area contributed by atoms with Gasteiger partial charge in [0.05, 0.1) is 11.9 Å². The molecule has 2 amide bonds. The van der Waals surface area contributed by atoms with E-state index in [0.717, 1.165) is 32.8 Å². The van der Waals surface area contributed by atoms with Gasteiger partial charge >= 0.3 is 0 Å². The molecule has 0 radical (unpaired) electrons. The molecule has 1 atom stereocenters. The van der Waals surface area contributed by atoms with E-state index in [4.69, 9.17) is 0 Å². The number of nitrogens with zero attached hydrogens (tertiary/aromatic N) is 2. The van der Waals surface area contributed by atoms with E-state index in [1.54, 1.807) is 19.1 Å². The minimum atomic E-state index is -3.74. The molecule has 0 aliphatic rings. The van der Waals surface area contributed by atoms with Crippen molar-refractivity contribution in [1.29, 1.82) is 0 Å². The maximum Gasteiger partial charge on any atom is 0.244 e. The number of rotatable bonds is 10. The van der Waals surface area contributed by atoms with Crippen molar-refractivity contribution < 1.29 is 18.0 Å². The van der Waals surface area contributed by atoms with Gasteiger partial charge in [0.15, 0.2) is 0 Å². The maximum absolute atomic E-state index is 13.6. The van der Waals surface area contributed by atoms with Crippen LogP contribution in [0.1, 0.15) is 43.0 Å². The van der Waals surface area contributed by atoms with Crippen LogP contribution in [-0.2, 0) is 26.2 Å². The predicted molar refractivity (Wildman–Crippen MR) is 137 cm³/mol. The van der Waals surface area contributed by atoms with Crippen LogP contribution in [0.15, 0.2) is 42.5 Å². The number of sulfonamides is 1. The van der Waals surface area contributed by atoms with Gasteiger partial charge in [0, 0.05) is 13.1 Å². The lowest BCUT2D eigenvalue weighted by Crippen LogP contribution is -2.51. The van der Waals surface area contributed by atoms with Crippen LogP contribution in [0, 0.1) is 26.7 Å². The molecule has 0 heterocycles. The molecule has 0 saturated heterocycles. The zero-order valence-electron chi connectivity index (χ0n) is 21.3. The van der Waals surface area contributed by atoms with E-state index < -0.39 is 28.5 Å². The van der Waals surface area contributed by atoms with Crippen molar-refractivity contribution in [2.24, 2.45) is 5.92 Å². The number of benzene rings is 2. The normalized spacial score (nSPS) is 12.4. The summed E-state index contributed by atoms with van der Waals surface area (Å²) in [5.41, 5.74) is 4.12. The topological polar surface area (TPSA) is 86.8 Å². The van der Waals surface area contributed by atoms with E-state index in [1.165, 1.54) is 4.90 Å². The van der Waals surface area contributed by atoms with Gasteiger partial charge in [-0.2, -0.15) is 0 Å². The molecule has 0 bridgehead atoms. The Bertz CT molecular complexity index is 1110. The SMILES string of the molecule is Cc1cc(C)cc(N(CC(=O)N(Cc2ccccc2C)C(C)C(=O)NCC(C)C)S(C)(=O)=O)c1. The average Bonchev–Trinajstić information content (AvgIpc) is 2.73. The fourth-order valence-electron chi connectivity index (χ4n) is 3.71. The lowest BCUT2D eigenvalue weighted by molar-refractivity contribution is -0.139. The summed E-state index contributed by atoms with van der Waals surface area (Å²) in [6.45, 7) is 11.7. The van der Waals surface area contributed by atoms with Crippen molar-refractivity contribution in [3.05, 3.63) is 64.7 Å². The second kappa shape index (κ2) is 11.5.